The van der Waals surface area contributed by atoms with Crippen LogP contribution in [0.4, 0.5) is 0 Å². The van der Waals surface area contributed by atoms with Gasteiger partial charge in [0.25, 0.3) is 0 Å². The minimum Gasteiger partial charge on any atom is -0.317 e. The van der Waals surface area contributed by atoms with Crippen LogP contribution in [0.3, 0.4) is 0 Å². The van der Waals surface area contributed by atoms with E-state index >= 15 is 0 Å². The van der Waals surface area contributed by atoms with Crippen molar-refractivity contribution in [3.8, 4) is 0 Å². The summed E-state index contributed by atoms with van der Waals surface area (Å²) in [7, 11) is 0. The Hall–Kier alpha value is -0.670. The highest BCUT2D eigenvalue weighted by atomic mass is 32.1. The van der Waals surface area contributed by atoms with Crippen molar-refractivity contribution in [2.24, 2.45) is 11.7 Å². The zero-order valence-corrected chi connectivity index (χ0v) is 9.63. The highest BCUT2D eigenvalue weighted by molar-refractivity contribution is 7.10. The normalized spacial score (nSPS) is 19.3. The Morgan fingerprint density at radius 2 is 2.27 bits per heavy atom. The van der Waals surface area contributed by atoms with Crippen molar-refractivity contribution in [1.29, 1.82) is 0 Å². The smallest absolute Gasteiger partial charge is 0.155 e. The first kappa shape index (κ1) is 10.8. The maximum atomic E-state index is 11.9. The number of rotatable bonds is 4. The second kappa shape index (κ2) is 4.90. The fraction of sp³-hybridized carbons (Fsp3) is 0.583. The molecule has 1 aromatic rings. The number of thiophene rings is 1. The summed E-state index contributed by atoms with van der Waals surface area (Å²) in [6.07, 6.45) is 5.67. The van der Waals surface area contributed by atoms with Gasteiger partial charge in [0, 0.05) is 11.3 Å². The number of hydrogen-bond acceptors (Lipinski definition) is 3. The van der Waals surface area contributed by atoms with Crippen LogP contribution < -0.4 is 5.73 Å². The molecule has 2 nitrogen and oxygen atoms in total. The van der Waals surface area contributed by atoms with Crippen LogP contribution in [-0.4, -0.2) is 5.78 Å². The van der Waals surface area contributed by atoms with Gasteiger partial charge < -0.3 is 5.73 Å². The van der Waals surface area contributed by atoms with Gasteiger partial charge in [-0.25, -0.2) is 0 Å². The van der Waals surface area contributed by atoms with Crippen molar-refractivity contribution >= 4 is 17.1 Å². The Morgan fingerprint density at radius 1 is 1.53 bits per heavy atom. The van der Waals surface area contributed by atoms with Crippen molar-refractivity contribution in [1.82, 2.24) is 0 Å². The third kappa shape index (κ3) is 2.67. The third-order valence-electron chi connectivity index (χ3n) is 3.16. The molecule has 0 aliphatic heterocycles. The standard InChI is InChI=1S/C12H17NOS/c13-12(11-6-3-7-15-11)10(14)8-9-4-1-2-5-9/h3,6-7,9,12H,1-2,4-5,8,13H2. The molecule has 0 spiro atoms. The molecule has 1 aliphatic rings. The lowest BCUT2D eigenvalue weighted by molar-refractivity contribution is -0.121. The molecule has 1 heterocycles. The molecule has 1 aromatic heterocycles. The predicted molar refractivity (Wildman–Crippen MR) is 62.8 cm³/mol. The van der Waals surface area contributed by atoms with E-state index in [1.54, 1.807) is 11.3 Å². The van der Waals surface area contributed by atoms with Crippen LogP contribution in [0.2, 0.25) is 0 Å². The van der Waals surface area contributed by atoms with Crippen LogP contribution >= 0.6 is 11.3 Å². The molecule has 1 aliphatic carbocycles. The van der Waals surface area contributed by atoms with E-state index in [-0.39, 0.29) is 11.8 Å². The molecular formula is C12H17NOS. The number of nitrogens with two attached hydrogens (primary N) is 1. The summed E-state index contributed by atoms with van der Waals surface area (Å²) in [5, 5.41) is 1.97. The van der Waals surface area contributed by atoms with E-state index in [1.165, 1.54) is 25.7 Å². The number of Topliss-reactive ketones (excluding diaryl/α,β-unsaturated/α-hetero) is 1. The summed E-state index contributed by atoms with van der Waals surface area (Å²) < 4.78 is 0. The highest BCUT2D eigenvalue weighted by Gasteiger charge is 2.23. The van der Waals surface area contributed by atoms with Crippen molar-refractivity contribution in [3.63, 3.8) is 0 Å². The molecule has 1 atom stereocenters. The van der Waals surface area contributed by atoms with Gasteiger partial charge in [-0.15, -0.1) is 11.3 Å². The van der Waals surface area contributed by atoms with E-state index in [0.717, 1.165) is 4.88 Å². The first-order valence-corrected chi connectivity index (χ1v) is 6.47. The maximum Gasteiger partial charge on any atom is 0.155 e. The summed E-state index contributed by atoms with van der Waals surface area (Å²) in [5.41, 5.74) is 5.92. The summed E-state index contributed by atoms with van der Waals surface area (Å²) in [4.78, 5) is 12.9. The van der Waals surface area contributed by atoms with Gasteiger partial charge in [0.1, 0.15) is 0 Å². The van der Waals surface area contributed by atoms with Gasteiger partial charge in [-0.1, -0.05) is 31.7 Å². The average Bonchev–Trinajstić information content (AvgIpc) is 2.88. The fourth-order valence-corrected chi connectivity index (χ4v) is 3.00. The lowest BCUT2D eigenvalue weighted by Gasteiger charge is -2.12. The topological polar surface area (TPSA) is 43.1 Å². The van der Waals surface area contributed by atoms with Crippen LogP contribution in [-0.2, 0) is 4.79 Å². The monoisotopic (exact) mass is 223 g/mol. The molecular weight excluding hydrogens is 206 g/mol. The van der Waals surface area contributed by atoms with Gasteiger partial charge in [0.15, 0.2) is 5.78 Å². The Balaban J connectivity index is 1.90. The van der Waals surface area contributed by atoms with Gasteiger partial charge in [-0.3, -0.25) is 4.79 Å². The zero-order chi connectivity index (χ0) is 10.7. The first-order chi connectivity index (χ1) is 7.27. The maximum absolute atomic E-state index is 11.9. The molecule has 1 unspecified atom stereocenters. The Labute approximate surface area is 94.5 Å². The predicted octanol–water partition coefficient (Wildman–Crippen LogP) is 2.90. The molecule has 0 radical (unpaired) electrons. The van der Waals surface area contributed by atoms with Crippen molar-refractivity contribution < 1.29 is 4.79 Å². The van der Waals surface area contributed by atoms with E-state index in [0.29, 0.717) is 12.3 Å². The number of hydrogen-bond donors (Lipinski definition) is 1. The zero-order valence-electron chi connectivity index (χ0n) is 8.82. The Bertz CT molecular complexity index is 314. The molecule has 0 amide bonds. The molecule has 1 saturated carbocycles. The van der Waals surface area contributed by atoms with Crippen molar-refractivity contribution in [2.45, 2.75) is 38.1 Å². The van der Waals surface area contributed by atoms with E-state index in [1.807, 2.05) is 17.5 Å². The Morgan fingerprint density at radius 3 is 2.87 bits per heavy atom. The van der Waals surface area contributed by atoms with Gasteiger partial charge >= 0.3 is 0 Å². The SMILES string of the molecule is NC(C(=O)CC1CCCC1)c1cccs1. The summed E-state index contributed by atoms with van der Waals surface area (Å²) in [6.45, 7) is 0. The van der Waals surface area contributed by atoms with Gasteiger partial charge in [0.2, 0.25) is 0 Å². The molecule has 3 heteroatoms. The molecule has 15 heavy (non-hydrogen) atoms. The Kier molecular flexibility index (Phi) is 3.54. The fourth-order valence-electron chi connectivity index (χ4n) is 2.25. The van der Waals surface area contributed by atoms with Gasteiger partial charge in [-0.2, -0.15) is 0 Å². The largest absolute Gasteiger partial charge is 0.317 e. The minimum atomic E-state index is -0.384. The van der Waals surface area contributed by atoms with Crippen LogP contribution in [0.1, 0.15) is 43.0 Å². The van der Waals surface area contributed by atoms with Crippen LogP contribution in [0, 0.1) is 5.92 Å². The second-order valence-electron chi connectivity index (χ2n) is 4.31. The first-order valence-electron chi connectivity index (χ1n) is 5.59. The van der Waals surface area contributed by atoms with Crippen LogP contribution in [0.15, 0.2) is 17.5 Å². The third-order valence-corrected chi connectivity index (χ3v) is 4.12. The van der Waals surface area contributed by atoms with E-state index in [9.17, 15) is 4.79 Å². The lowest BCUT2D eigenvalue weighted by atomic mass is 9.97. The van der Waals surface area contributed by atoms with Crippen molar-refractivity contribution in [3.05, 3.63) is 22.4 Å². The summed E-state index contributed by atoms with van der Waals surface area (Å²) >= 11 is 1.57. The highest BCUT2D eigenvalue weighted by Crippen LogP contribution is 2.29. The van der Waals surface area contributed by atoms with E-state index in [4.69, 9.17) is 5.73 Å². The van der Waals surface area contributed by atoms with Crippen molar-refractivity contribution in [2.75, 3.05) is 0 Å². The molecule has 2 N–H and O–H groups in total. The van der Waals surface area contributed by atoms with E-state index in [2.05, 4.69) is 0 Å². The number of carbonyl (C=O) groups excluding carboxylic acids is 1. The van der Waals surface area contributed by atoms with E-state index < -0.39 is 0 Å². The second-order valence-corrected chi connectivity index (χ2v) is 5.29. The number of carbonyl (C=O) groups is 1. The lowest BCUT2D eigenvalue weighted by Crippen LogP contribution is -2.22. The van der Waals surface area contributed by atoms with Crippen LogP contribution in [0.5, 0.6) is 0 Å². The molecule has 82 valence electrons. The molecule has 1 fully saturated rings. The summed E-state index contributed by atoms with van der Waals surface area (Å²) in [5.74, 6) is 0.813. The molecule has 0 saturated heterocycles. The average molecular weight is 223 g/mol. The molecule has 0 aromatic carbocycles. The molecule has 2 rings (SSSR count). The van der Waals surface area contributed by atoms with Gasteiger partial charge in [-0.05, 0) is 17.4 Å². The quantitative estimate of drug-likeness (QED) is 0.853. The van der Waals surface area contributed by atoms with Gasteiger partial charge in [0.05, 0.1) is 6.04 Å². The number of ketones is 1. The molecule has 0 bridgehead atoms. The minimum absolute atomic E-state index is 0.212. The summed E-state index contributed by atoms with van der Waals surface area (Å²) in [6, 6.07) is 3.51. The van der Waals surface area contributed by atoms with Crippen LogP contribution in [0.25, 0.3) is 0 Å².